The average molecular weight is 274 g/mol. The lowest BCUT2D eigenvalue weighted by molar-refractivity contribution is 0.279. The second-order valence-electron chi connectivity index (χ2n) is 4.83. The summed E-state index contributed by atoms with van der Waals surface area (Å²) < 4.78 is 7.68. The molecule has 2 heterocycles. The summed E-state index contributed by atoms with van der Waals surface area (Å²) in [6.07, 6.45) is 6.55. The Balaban J connectivity index is 1.87. The Hall–Kier alpha value is -2.04. The van der Waals surface area contributed by atoms with Crippen molar-refractivity contribution in [2.45, 2.75) is 39.7 Å². The Bertz CT molecular complexity index is 536. The van der Waals surface area contributed by atoms with Gasteiger partial charge in [-0.1, -0.05) is 6.92 Å². The highest BCUT2D eigenvalue weighted by Crippen LogP contribution is 2.25. The number of pyridine rings is 1. The van der Waals surface area contributed by atoms with Gasteiger partial charge in [-0.25, -0.2) is 4.68 Å². The maximum atomic E-state index is 6.01. The number of hydrogen-bond donors (Lipinski definition) is 1. The number of ether oxygens (including phenoxy) is 1. The quantitative estimate of drug-likeness (QED) is 0.788. The van der Waals surface area contributed by atoms with Gasteiger partial charge >= 0.3 is 0 Å². The van der Waals surface area contributed by atoms with Crippen LogP contribution in [0.1, 0.15) is 31.0 Å². The first-order chi connectivity index (χ1) is 9.72. The molecule has 0 fully saturated rings. The van der Waals surface area contributed by atoms with E-state index in [1.54, 1.807) is 0 Å². The minimum absolute atomic E-state index is 0.640. The Morgan fingerprint density at radius 2 is 2.05 bits per heavy atom. The summed E-state index contributed by atoms with van der Waals surface area (Å²) in [5.41, 5.74) is 8.77. The van der Waals surface area contributed by atoms with Gasteiger partial charge < -0.3 is 10.5 Å². The fourth-order valence-corrected chi connectivity index (χ4v) is 2.08. The standard InChI is InChI=1S/C15H22N4O/c1-3-10-19-15(14(16)12(2)18-19)20-11-4-5-13-6-8-17-9-7-13/h6-9H,3-5,10-11,16H2,1-2H3. The van der Waals surface area contributed by atoms with Gasteiger partial charge in [0.15, 0.2) is 0 Å². The second kappa shape index (κ2) is 6.93. The minimum Gasteiger partial charge on any atom is -0.476 e. The van der Waals surface area contributed by atoms with E-state index in [4.69, 9.17) is 10.5 Å². The normalized spacial score (nSPS) is 10.7. The van der Waals surface area contributed by atoms with E-state index in [9.17, 15) is 0 Å². The largest absolute Gasteiger partial charge is 0.476 e. The maximum absolute atomic E-state index is 6.01. The Labute approximate surface area is 119 Å². The van der Waals surface area contributed by atoms with Crippen LogP contribution in [0.4, 0.5) is 5.69 Å². The summed E-state index contributed by atoms with van der Waals surface area (Å²) in [5, 5.41) is 4.40. The third-order valence-electron chi connectivity index (χ3n) is 3.16. The summed E-state index contributed by atoms with van der Waals surface area (Å²) in [5.74, 6) is 0.707. The highest BCUT2D eigenvalue weighted by molar-refractivity contribution is 5.52. The van der Waals surface area contributed by atoms with E-state index in [0.29, 0.717) is 18.2 Å². The third kappa shape index (κ3) is 3.50. The van der Waals surface area contributed by atoms with Crippen molar-refractivity contribution in [3.63, 3.8) is 0 Å². The van der Waals surface area contributed by atoms with Gasteiger partial charge in [0.25, 0.3) is 0 Å². The van der Waals surface area contributed by atoms with E-state index < -0.39 is 0 Å². The zero-order chi connectivity index (χ0) is 14.4. The van der Waals surface area contributed by atoms with Crippen LogP contribution in [0.3, 0.4) is 0 Å². The van der Waals surface area contributed by atoms with Gasteiger partial charge in [-0.2, -0.15) is 5.10 Å². The van der Waals surface area contributed by atoms with E-state index in [2.05, 4.69) is 17.0 Å². The van der Waals surface area contributed by atoms with E-state index in [-0.39, 0.29) is 0 Å². The predicted octanol–water partition coefficient (Wildman–Crippen LogP) is 2.59. The molecule has 2 rings (SSSR count). The molecule has 5 nitrogen and oxygen atoms in total. The van der Waals surface area contributed by atoms with Crippen molar-refractivity contribution < 1.29 is 4.74 Å². The Kier molecular flexibility index (Phi) is 4.98. The van der Waals surface area contributed by atoms with Crippen molar-refractivity contribution in [1.82, 2.24) is 14.8 Å². The van der Waals surface area contributed by atoms with Crippen LogP contribution >= 0.6 is 0 Å². The zero-order valence-corrected chi connectivity index (χ0v) is 12.2. The number of aryl methyl sites for hydroxylation is 3. The van der Waals surface area contributed by atoms with E-state index in [1.165, 1.54) is 5.56 Å². The highest BCUT2D eigenvalue weighted by Gasteiger charge is 2.13. The smallest absolute Gasteiger partial charge is 0.236 e. The molecular formula is C15H22N4O. The molecule has 20 heavy (non-hydrogen) atoms. The lowest BCUT2D eigenvalue weighted by atomic mass is 10.1. The van der Waals surface area contributed by atoms with Gasteiger partial charge in [0, 0.05) is 18.9 Å². The van der Waals surface area contributed by atoms with Crippen LogP contribution in [-0.2, 0) is 13.0 Å². The van der Waals surface area contributed by atoms with Gasteiger partial charge in [0.1, 0.15) is 5.69 Å². The molecule has 0 bridgehead atoms. The lowest BCUT2D eigenvalue weighted by Gasteiger charge is -2.09. The number of aromatic nitrogens is 3. The zero-order valence-electron chi connectivity index (χ0n) is 12.2. The van der Waals surface area contributed by atoms with E-state index >= 15 is 0 Å². The van der Waals surface area contributed by atoms with E-state index in [1.807, 2.05) is 36.1 Å². The first kappa shape index (κ1) is 14.4. The minimum atomic E-state index is 0.640. The molecule has 0 saturated carbocycles. The summed E-state index contributed by atoms with van der Waals surface area (Å²) in [7, 11) is 0. The van der Waals surface area contributed by atoms with Crippen LogP contribution in [-0.4, -0.2) is 21.4 Å². The first-order valence-electron chi connectivity index (χ1n) is 7.07. The molecule has 108 valence electrons. The molecule has 0 saturated heterocycles. The molecule has 0 amide bonds. The predicted molar refractivity (Wildman–Crippen MR) is 79.7 cm³/mol. The van der Waals surface area contributed by atoms with Crippen molar-refractivity contribution in [1.29, 1.82) is 0 Å². The number of nitrogen functional groups attached to an aromatic ring is 1. The fraction of sp³-hybridized carbons (Fsp3) is 0.467. The fourth-order valence-electron chi connectivity index (χ4n) is 2.08. The monoisotopic (exact) mass is 274 g/mol. The van der Waals surface area contributed by atoms with E-state index in [0.717, 1.165) is 31.5 Å². The molecule has 5 heteroatoms. The molecule has 0 aliphatic carbocycles. The second-order valence-corrected chi connectivity index (χ2v) is 4.83. The van der Waals surface area contributed by atoms with Crippen molar-refractivity contribution in [3.05, 3.63) is 35.8 Å². The molecule has 0 spiro atoms. The van der Waals surface area contributed by atoms with Crippen molar-refractivity contribution in [2.75, 3.05) is 12.3 Å². The van der Waals surface area contributed by atoms with Gasteiger partial charge in [0.2, 0.25) is 5.88 Å². The first-order valence-corrected chi connectivity index (χ1v) is 7.07. The molecule has 2 aromatic heterocycles. The van der Waals surface area contributed by atoms with Gasteiger partial charge in [0.05, 0.1) is 12.3 Å². The van der Waals surface area contributed by atoms with Crippen LogP contribution < -0.4 is 10.5 Å². The van der Waals surface area contributed by atoms with Gasteiger partial charge in [-0.3, -0.25) is 4.98 Å². The van der Waals surface area contributed by atoms with Crippen molar-refractivity contribution in [3.8, 4) is 5.88 Å². The Morgan fingerprint density at radius 3 is 2.75 bits per heavy atom. The summed E-state index contributed by atoms with van der Waals surface area (Å²) in [4.78, 5) is 4.01. The third-order valence-corrected chi connectivity index (χ3v) is 3.16. The SMILES string of the molecule is CCCn1nc(C)c(N)c1OCCCc1ccncc1. The Morgan fingerprint density at radius 1 is 1.30 bits per heavy atom. The van der Waals surface area contributed by atoms with Gasteiger partial charge in [-0.05, 0) is 43.9 Å². The molecule has 2 N–H and O–H groups in total. The number of nitrogens with zero attached hydrogens (tertiary/aromatic N) is 3. The van der Waals surface area contributed by atoms with Crippen molar-refractivity contribution in [2.24, 2.45) is 0 Å². The molecule has 0 aliphatic rings. The number of rotatable bonds is 7. The van der Waals surface area contributed by atoms with Crippen LogP contribution in [0.5, 0.6) is 5.88 Å². The highest BCUT2D eigenvalue weighted by atomic mass is 16.5. The molecule has 0 aromatic carbocycles. The molecule has 0 unspecified atom stereocenters. The number of anilines is 1. The van der Waals surface area contributed by atoms with Crippen LogP contribution in [0, 0.1) is 6.92 Å². The van der Waals surface area contributed by atoms with Crippen LogP contribution in [0.25, 0.3) is 0 Å². The number of hydrogen-bond acceptors (Lipinski definition) is 4. The molecule has 0 atom stereocenters. The number of nitrogens with two attached hydrogens (primary N) is 1. The van der Waals surface area contributed by atoms with Gasteiger partial charge in [-0.15, -0.1) is 0 Å². The average Bonchev–Trinajstić information content (AvgIpc) is 2.72. The summed E-state index contributed by atoms with van der Waals surface area (Å²) in [6.45, 7) is 5.49. The van der Waals surface area contributed by atoms with Crippen LogP contribution in [0.15, 0.2) is 24.5 Å². The molecule has 0 radical (unpaired) electrons. The molecule has 0 aliphatic heterocycles. The topological polar surface area (TPSA) is 66.0 Å². The van der Waals surface area contributed by atoms with Crippen molar-refractivity contribution >= 4 is 5.69 Å². The maximum Gasteiger partial charge on any atom is 0.236 e. The summed E-state index contributed by atoms with van der Waals surface area (Å²) >= 11 is 0. The van der Waals surface area contributed by atoms with Crippen LogP contribution in [0.2, 0.25) is 0 Å². The molecule has 2 aromatic rings. The molecular weight excluding hydrogens is 252 g/mol. The summed E-state index contributed by atoms with van der Waals surface area (Å²) in [6, 6.07) is 4.06. The lowest BCUT2D eigenvalue weighted by Crippen LogP contribution is -2.07.